The van der Waals surface area contributed by atoms with Gasteiger partial charge in [-0.05, 0) is 24.4 Å². The number of aromatic nitrogens is 2. The van der Waals surface area contributed by atoms with E-state index < -0.39 is 0 Å². The molecule has 0 saturated heterocycles. The van der Waals surface area contributed by atoms with Gasteiger partial charge in [0.25, 0.3) is 0 Å². The highest BCUT2D eigenvalue weighted by molar-refractivity contribution is 7.83. The molecule has 0 bridgehead atoms. The summed E-state index contributed by atoms with van der Waals surface area (Å²) in [5.74, 6) is 0. The second-order valence-electron chi connectivity index (χ2n) is 3.29. The van der Waals surface area contributed by atoms with Crippen LogP contribution in [0.15, 0.2) is 10.0 Å². The van der Waals surface area contributed by atoms with E-state index >= 15 is 0 Å². The molecule has 0 saturated carbocycles. The van der Waals surface area contributed by atoms with Crippen LogP contribution < -0.4 is 0 Å². The monoisotopic (exact) mass is 288 g/mol. The lowest BCUT2D eigenvalue weighted by molar-refractivity contribution is 0.798. The summed E-state index contributed by atoms with van der Waals surface area (Å²) in [6.07, 6.45) is 0. The van der Waals surface area contributed by atoms with E-state index in [4.69, 9.17) is 36.7 Å². The molecule has 8 heteroatoms. The van der Waals surface area contributed by atoms with Crippen molar-refractivity contribution < 1.29 is 0 Å². The lowest BCUT2D eigenvalue weighted by atomic mass is 10.3. The first-order valence-corrected chi connectivity index (χ1v) is 5.99. The maximum absolute atomic E-state index is 5.24. The minimum absolute atomic E-state index is 0.455. The number of thiocarbonyl (C=S) groups is 2. The van der Waals surface area contributed by atoms with Gasteiger partial charge in [-0.15, -0.1) is 12.6 Å². The topological polar surface area (TPSA) is 36.3 Å². The number of aromatic amines is 1. The largest absolute Gasteiger partial charge is 0.328 e. The molecule has 0 radical (unpaired) electrons. The molecule has 1 N–H and O–H groups in total. The Hall–Kier alpha value is -0.570. The zero-order valence-corrected chi connectivity index (χ0v) is 11.9. The molecule has 0 spiro atoms. The smallest absolute Gasteiger partial charge is 0.201 e. The highest BCUT2D eigenvalue weighted by atomic mass is 32.1. The molecular weight excluding hydrogens is 280 g/mol. The number of nitrogens with zero attached hydrogens (tertiary/aromatic N) is 3. The second-order valence-corrected chi connectivity index (χ2v) is 4.86. The van der Waals surface area contributed by atoms with Gasteiger partial charge in [-0.25, -0.2) is 4.99 Å². The molecule has 0 aromatic carbocycles. The van der Waals surface area contributed by atoms with Crippen molar-refractivity contribution in [2.24, 2.45) is 12.0 Å². The summed E-state index contributed by atoms with van der Waals surface area (Å²) in [6.45, 7) is 0. The van der Waals surface area contributed by atoms with E-state index in [0.717, 1.165) is 0 Å². The lowest BCUT2D eigenvalue weighted by Gasteiger charge is -2.08. The maximum atomic E-state index is 5.24. The Morgan fingerprint density at radius 2 is 1.88 bits per heavy atom. The molecule has 2 heterocycles. The average Bonchev–Trinajstić information content (AvgIpc) is 2.64. The van der Waals surface area contributed by atoms with E-state index in [-0.39, 0.29) is 0 Å². The Bertz CT molecular complexity index is 579. The van der Waals surface area contributed by atoms with Crippen LogP contribution in [-0.2, 0) is 7.05 Å². The van der Waals surface area contributed by atoms with Crippen LogP contribution in [-0.4, -0.2) is 37.3 Å². The van der Waals surface area contributed by atoms with Crippen LogP contribution in [0.2, 0.25) is 0 Å². The van der Waals surface area contributed by atoms with Crippen LogP contribution in [0.1, 0.15) is 5.69 Å². The van der Waals surface area contributed by atoms with Crippen molar-refractivity contribution in [2.45, 2.75) is 5.03 Å². The van der Waals surface area contributed by atoms with Gasteiger partial charge in [0.1, 0.15) is 16.4 Å². The van der Waals surface area contributed by atoms with Crippen molar-refractivity contribution in [2.75, 3.05) is 7.05 Å². The maximum Gasteiger partial charge on any atom is 0.201 e. The Kier molecular flexibility index (Phi) is 2.99. The number of thiol groups is 1. The molecule has 4 nitrogen and oxygen atoms in total. The lowest BCUT2D eigenvalue weighted by Crippen LogP contribution is -2.27. The van der Waals surface area contributed by atoms with Crippen LogP contribution >= 0.6 is 49.3 Å². The van der Waals surface area contributed by atoms with Crippen molar-refractivity contribution in [1.29, 1.82) is 0 Å². The van der Waals surface area contributed by atoms with E-state index in [0.29, 0.717) is 31.3 Å². The molecule has 0 aliphatic carbocycles. The van der Waals surface area contributed by atoms with Crippen molar-refractivity contribution >= 4 is 65.1 Å². The van der Waals surface area contributed by atoms with Crippen LogP contribution in [0.3, 0.4) is 0 Å². The van der Waals surface area contributed by atoms with Gasteiger partial charge in [-0.3, -0.25) is 0 Å². The van der Waals surface area contributed by atoms with Gasteiger partial charge in [0.2, 0.25) is 5.11 Å². The first-order chi connectivity index (χ1) is 7.43. The highest BCUT2D eigenvalue weighted by Crippen LogP contribution is 2.19. The Labute approximate surface area is 114 Å². The van der Waals surface area contributed by atoms with E-state index in [1.807, 2.05) is 7.05 Å². The number of H-pyrrole nitrogens is 1. The van der Waals surface area contributed by atoms with E-state index in [1.165, 1.54) is 0 Å². The number of imidazole rings is 1. The quantitative estimate of drug-likeness (QED) is 0.609. The standard InChI is InChI=1S/C8H8N4S4/c1-11-5(13)3(9-7(11)15)4-6(14)12(2)8(16)10-4/h13H,1-2H3,(H,9,15). The van der Waals surface area contributed by atoms with Crippen molar-refractivity contribution in [1.82, 2.24) is 14.5 Å². The minimum atomic E-state index is 0.455. The molecule has 2 rings (SSSR count). The fourth-order valence-electron chi connectivity index (χ4n) is 1.30. The van der Waals surface area contributed by atoms with Gasteiger partial charge in [0.15, 0.2) is 4.77 Å². The number of hydrogen-bond donors (Lipinski definition) is 2. The third-order valence-electron chi connectivity index (χ3n) is 2.32. The van der Waals surface area contributed by atoms with E-state index in [9.17, 15) is 0 Å². The molecule has 0 atom stereocenters. The summed E-state index contributed by atoms with van der Waals surface area (Å²) in [7, 11) is 3.61. The number of nitrogens with one attached hydrogen (secondary N) is 1. The van der Waals surface area contributed by atoms with Crippen molar-refractivity contribution in [3.05, 3.63) is 10.5 Å². The van der Waals surface area contributed by atoms with Gasteiger partial charge in [0, 0.05) is 14.1 Å². The molecule has 0 fully saturated rings. The van der Waals surface area contributed by atoms with Crippen LogP contribution in [0, 0.1) is 4.77 Å². The first-order valence-electron chi connectivity index (χ1n) is 4.32. The number of likely N-dealkylation sites (N-methyl/N-ethyl adjacent to an activating group) is 1. The Balaban J connectivity index is 2.59. The van der Waals surface area contributed by atoms with Gasteiger partial charge in [-0.2, -0.15) is 0 Å². The van der Waals surface area contributed by atoms with Crippen molar-refractivity contribution in [3.63, 3.8) is 0 Å². The third kappa shape index (κ3) is 1.65. The third-order valence-corrected chi connectivity index (χ3v) is 4.05. The van der Waals surface area contributed by atoms with Crippen LogP contribution in [0.25, 0.3) is 0 Å². The van der Waals surface area contributed by atoms with E-state index in [2.05, 4.69) is 22.6 Å². The molecule has 1 aromatic heterocycles. The predicted molar refractivity (Wildman–Crippen MR) is 77.3 cm³/mol. The summed E-state index contributed by atoms with van der Waals surface area (Å²) in [6, 6.07) is 0. The first kappa shape index (κ1) is 11.9. The van der Waals surface area contributed by atoms with Crippen LogP contribution in [0.5, 0.6) is 0 Å². The second kappa shape index (κ2) is 4.02. The van der Waals surface area contributed by atoms with Crippen LogP contribution in [0.4, 0.5) is 0 Å². The normalized spacial score (nSPS) is 15.9. The van der Waals surface area contributed by atoms with Crippen molar-refractivity contribution in [3.8, 4) is 0 Å². The number of rotatable bonds is 1. The average molecular weight is 288 g/mol. The van der Waals surface area contributed by atoms with E-state index in [1.54, 1.807) is 16.5 Å². The summed E-state index contributed by atoms with van der Waals surface area (Å²) in [4.78, 5) is 9.51. The molecule has 1 aliphatic heterocycles. The SMILES string of the molecule is CN1C(=S)N=C(c2[nH]c(=S)n(C)c2S)C1=S. The van der Waals surface area contributed by atoms with Gasteiger partial charge >= 0.3 is 0 Å². The number of aliphatic imine (C=N–C) groups is 1. The fourth-order valence-corrected chi connectivity index (χ4v) is 2.30. The molecule has 84 valence electrons. The fraction of sp³-hybridized carbons (Fsp3) is 0.250. The molecule has 0 unspecified atom stereocenters. The Morgan fingerprint density at radius 1 is 1.25 bits per heavy atom. The summed E-state index contributed by atoms with van der Waals surface area (Å²) in [5, 5.41) is 1.15. The molecule has 0 amide bonds. The molecule has 1 aliphatic rings. The summed E-state index contributed by atoms with van der Waals surface area (Å²) in [5.41, 5.74) is 1.34. The predicted octanol–water partition coefficient (Wildman–Crippen LogP) is 1.72. The molecule has 1 aromatic rings. The summed E-state index contributed by atoms with van der Waals surface area (Å²) >= 11 is 19.8. The van der Waals surface area contributed by atoms with Gasteiger partial charge < -0.3 is 14.5 Å². The summed E-state index contributed by atoms with van der Waals surface area (Å²) < 4.78 is 2.33. The van der Waals surface area contributed by atoms with Gasteiger partial charge in [-0.1, -0.05) is 12.2 Å². The number of hydrogen-bond acceptors (Lipinski definition) is 4. The van der Waals surface area contributed by atoms with Gasteiger partial charge in [0.05, 0.1) is 5.03 Å². The molecular formula is C8H8N4S4. The molecule has 16 heavy (non-hydrogen) atoms. The minimum Gasteiger partial charge on any atom is -0.328 e. The highest BCUT2D eigenvalue weighted by Gasteiger charge is 2.27. The zero-order chi connectivity index (χ0) is 12.0. The zero-order valence-electron chi connectivity index (χ0n) is 8.51. The Morgan fingerprint density at radius 3 is 2.25 bits per heavy atom.